The molecule has 0 amide bonds. The van der Waals surface area contributed by atoms with Crippen LogP contribution >= 0.6 is 17.0 Å². The highest BCUT2D eigenvalue weighted by Crippen LogP contribution is 2.43. The first-order valence-corrected chi connectivity index (χ1v) is 3.62. The van der Waals surface area contributed by atoms with Crippen molar-refractivity contribution < 1.29 is 0 Å². The molecule has 3 atom stereocenters. The van der Waals surface area contributed by atoms with Gasteiger partial charge in [0.25, 0.3) is 0 Å². The van der Waals surface area contributed by atoms with Crippen molar-refractivity contribution in [2.24, 2.45) is 17.6 Å². The van der Waals surface area contributed by atoms with E-state index in [1.807, 2.05) is 0 Å². The molecule has 0 saturated heterocycles. The Hall–Kier alpha value is 0.440. The van der Waals surface area contributed by atoms with Crippen LogP contribution in [0.2, 0.25) is 0 Å². The second-order valence-corrected chi connectivity index (χ2v) is 3.34. The summed E-state index contributed by atoms with van der Waals surface area (Å²) in [5.74, 6) is 1.94. The summed E-state index contributed by atoms with van der Waals surface area (Å²) in [6, 6.07) is 0.578. The summed E-state index contributed by atoms with van der Waals surface area (Å²) in [6.07, 6.45) is 5.66. The number of hydrogen-bond acceptors (Lipinski definition) is 1. The first kappa shape index (κ1) is 7.55. The highest BCUT2D eigenvalue weighted by Gasteiger charge is 2.36. The topological polar surface area (TPSA) is 26.0 Å². The molecule has 3 unspecified atom stereocenters. The first-order valence-electron chi connectivity index (χ1n) is 3.62. The van der Waals surface area contributed by atoms with Gasteiger partial charge >= 0.3 is 0 Å². The number of halogens is 1. The summed E-state index contributed by atoms with van der Waals surface area (Å²) in [7, 11) is 0. The predicted molar refractivity (Wildman–Crippen MR) is 43.7 cm³/mol. The molecule has 2 aliphatic rings. The summed E-state index contributed by atoms with van der Waals surface area (Å²) in [5.41, 5.74) is 5.82. The largest absolute Gasteiger partial charge is 0.327 e. The fraction of sp³-hybridized carbons (Fsp3) is 1.00. The lowest BCUT2D eigenvalue weighted by Crippen LogP contribution is -2.26. The van der Waals surface area contributed by atoms with Crippen molar-refractivity contribution in [3.05, 3.63) is 0 Å². The third-order valence-electron chi connectivity index (χ3n) is 2.79. The van der Waals surface area contributed by atoms with Gasteiger partial charge in [0.15, 0.2) is 0 Å². The average Bonchev–Trinajstić information content (AvgIpc) is 2.23. The van der Waals surface area contributed by atoms with Gasteiger partial charge in [-0.1, -0.05) is 6.42 Å². The predicted octanol–water partition coefficient (Wildman–Crippen LogP) is 1.71. The smallest absolute Gasteiger partial charge is 0.00699 e. The number of hydrogen-bond donors (Lipinski definition) is 1. The Morgan fingerprint density at radius 1 is 1.11 bits per heavy atom. The van der Waals surface area contributed by atoms with Crippen molar-refractivity contribution in [1.82, 2.24) is 0 Å². The SMILES string of the molecule is Br.NC1CC2CCC1C2. The fourth-order valence-corrected chi connectivity index (χ4v) is 2.29. The summed E-state index contributed by atoms with van der Waals surface area (Å²) < 4.78 is 0. The molecule has 0 aromatic rings. The minimum absolute atomic E-state index is 0. The lowest BCUT2D eigenvalue weighted by atomic mass is 9.96. The van der Waals surface area contributed by atoms with Crippen LogP contribution in [0.4, 0.5) is 0 Å². The van der Waals surface area contributed by atoms with E-state index >= 15 is 0 Å². The number of fused-ring (bicyclic) bond motifs is 2. The molecule has 0 heterocycles. The van der Waals surface area contributed by atoms with Crippen molar-refractivity contribution in [3.8, 4) is 0 Å². The van der Waals surface area contributed by atoms with Gasteiger partial charge in [-0.3, -0.25) is 0 Å². The van der Waals surface area contributed by atoms with Gasteiger partial charge in [0, 0.05) is 6.04 Å². The highest BCUT2D eigenvalue weighted by atomic mass is 79.9. The van der Waals surface area contributed by atoms with Crippen molar-refractivity contribution in [2.45, 2.75) is 31.7 Å². The van der Waals surface area contributed by atoms with E-state index in [1.165, 1.54) is 25.7 Å². The van der Waals surface area contributed by atoms with Gasteiger partial charge in [0.1, 0.15) is 0 Å². The first-order chi connectivity index (χ1) is 3.86. The molecule has 2 fully saturated rings. The van der Waals surface area contributed by atoms with Crippen LogP contribution in [0.25, 0.3) is 0 Å². The minimum Gasteiger partial charge on any atom is -0.327 e. The third kappa shape index (κ3) is 1.15. The lowest BCUT2D eigenvalue weighted by molar-refractivity contribution is 0.418. The van der Waals surface area contributed by atoms with Crippen LogP contribution in [-0.2, 0) is 0 Å². The van der Waals surface area contributed by atoms with Gasteiger partial charge < -0.3 is 5.73 Å². The maximum Gasteiger partial charge on any atom is 0.00699 e. The number of rotatable bonds is 0. The van der Waals surface area contributed by atoms with Gasteiger partial charge in [-0.2, -0.15) is 0 Å². The third-order valence-corrected chi connectivity index (χ3v) is 2.79. The molecule has 2 bridgehead atoms. The quantitative estimate of drug-likeness (QED) is 0.621. The van der Waals surface area contributed by atoms with E-state index in [4.69, 9.17) is 5.73 Å². The zero-order chi connectivity index (χ0) is 5.56. The van der Waals surface area contributed by atoms with Crippen LogP contribution in [0.1, 0.15) is 25.7 Å². The zero-order valence-electron chi connectivity index (χ0n) is 5.55. The summed E-state index contributed by atoms with van der Waals surface area (Å²) >= 11 is 0. The Balaban J connectivity index is 0.000000405. The molecule has 2 aliphatic carbocycles. The average molecular weight is 192 g/mol. The van der Waals surface area contributed by atoms with Crippen molar-refractivity contribution in [1.29, 1.82) is 0 Å². The van der Waals surface area contributed by atoms with Gasteiger partial charge in [-0.05, 0) is 31.1 Å². The van der Waals surface area contributed by atoms with E-state index in [-0.39, 0.29) is 17.0 Å². The van der Waals surface area contributed by atoms with Crippen LogP contribution in [-0.4, -0.2) is 6.04 Å². The molecular formula is C7H14BrN. The summed E-state index contributed by atoms with van der Waals surface area (Å²) in [5, 5.41) is 0. The second kappa shape index (κ2) is 2.59. The van der Waals surface area contributed by atoms with E-state index in [2.05, 4.69) is 0 Å². The molecular weight excluding hydrogens is 178 g/mol. The maximum absolute atomic E-state index is 5.82. The molecule has 1 nitrogen and oxygen atoms in total. The normalized spacial score (nSPS) is 47.0. The summed E-state index contributed by atoms with van der Waals surface area (Å²) in [4.78, 5) is 0. The standard InChI is InChI=1S/C7H13N.BrH/c8-7-4-5-1-2-6(7)3-5;/h5-7H,1-4,8H2;1H. The van der Waals surface area contributed by atoms with Crippen LogP contribution in [0.5, 0.6) is 0 Å². The Bertz CT molecular complexity index is 103. The fourth-order valence-electron chi connectivity index (χ4n) is 2.29. The van der Waals surface area contributed by atoms with Crippen molar-refractivity contribution in [3.63, 3.8) is 0 Å². The Kier molecular flexibility index (Phi) is 2.17. The molecule has 0 aliphatic heterocycles. The molecule has 0 aromatic carbocycles. The number of nitrogens with two attached hydrogens (primary N) is 1. The van der Waals surface area contributed by atoms with E-state index in [1.54, 1.807) is 0 Å². The molecule has 2 N–H and O–H groups in total. The van der Waals surface area contributed by atoms with Crippen LogP contribution in [0, 0.1) is 11.8 Å². The minimum atomic E-state index is 0. The van der Waals surface area contributed by atoms with Gasteiger partial charge in [-0.15, -0.1) is 17.0 Å². The van der Waals surface area contributed by atoms with Crippen molar-refractivity contribution in [2.75, 3.05) is 0 Å². The van der Waals surface area contributed by atoms with Crippen LogP contribution in [0.15, 0.2) is 0 Å². The molecule has 2 rings (SSSR count). The zero-order valence-corrected chi connectivity index (χ0v) is 7.26. The molecule has 0 aromatic heterocycles. The van der Waals surface area contributed by atoms with Crippen molar-refractivity contribution >= 4 is 17.0 Å². The molecule has 0 spiro atoms. The lowest BCUT2D eigenvalue weighted by Gasteiger charge is -2.15. The van der Waals surface area contributed by atoms with E-state index in [9.17, 15) is 0 Å². The Morgan fingerprint density at radius 3 is 2.11 bits per heavy atom. The van der Waals surface area contributed by atoms with E-state index in [0.717, 1.165) is 11.8 Å². The van der Waals surface area contributed by atoms with Crippen LogP contribution < -0.4 is 5.73 Å². The summed E-state index contributed by atoms with van der Waals surface area (Å²) in [6.45, 7) is 0. The van der Waals surface area contributed by atoms with Gasteiger partial charge in [0.05, 0.1) is 0 Å². The molecule has 9 heavy (non-hydrogen) atoms. The monoisotopic (exact) mass is 191 g/mol. The van der Waals surface area contributed by atoms with E-state index < -0.39 is 0 Å². The second-order valence-electron chi connectivity index (χ2n) is 3.34. The molecule has 2 heteroatoms. The molecule has 54 valence electrons. The maximum atomic E-state index is 5.82. The van der Waals surface area contributed by atoms with Crippen LogP contribution in [0.3, 0.4) is 0 Å². The van der Waals surface area contributed by atoms with Gasteiger partial charge in [-0.25, -0.2) is 0 Å². The Labute approximate surface area is 66.8 Å². The molecule has 2 saturated carbocycles. The highest BCUT2D eigenvalue weighted by molar-refractivity contribution is 8.93. The van der Waals surface area contributed by atoms with Gasteiger partial charge in [0.2, 0.25) is 0 Å². The van der Waals surface area contributed by atoms with E-state index in [0.29, 0.717) is 6.04 Å². The molecule has 0 radical (unpaired) electrons. The Morgan fingerprint density at radius 2 is 1.89 bits per heavy atom.